The monoisotopic (exact) mass is 303 g/mol. The number of hydrogen-bond acceptors (Lipinski definition) is 4. The first-order valence-corrected chi connectivity index (χ1v) is 8.60. The molecule has 1 amide bonds. The van der Waals surface area contributed by atoms with Gasteiger partial charge in [0.2, 0.25) is 0 Å². The number of rotatable bonds is 6. The Hall–Kier alpha value is -0.420. The van der Waals surface area contributed by atoms with E-state index >= 15 is 0 Å². The minimum Gasteiger partial charge on any atom is -0.444 e. The molecule has 0 aliphatic carbocycles. The minimum absolute atomic E-state index is 0.198. The third-order valence-electron chi connectivity index (χ3n) is 3.42. The van der Waals surface area contributed by atoms with Crippen molar-refractivity contribution in [3.05, 3.63) is 0 Å². The van der Waals surface area contributed by atoms with Crippen molar-refractivity contribution >= 4 is 17.9 Å². The molecule has 0 aromatic carbocycles. The normalized spacial score (nSPS) is 26.6. The summed E-state index contributed by atoms with van der Waals surface area (Å²) in [6.45, 7) is 8.10. The number of nitrogens with one attached hydrogen (secondary N) is 1. The van der Waals surface area contributed by atoms with Crippen LogP contribution in [0, 0.1) is 5.92 Å². The topological polar surface area (TPSA) is 58.6 Å². The third kappa shape index (κ3) is 6.35. The molecule has 1 saturated heterocycles. The number of alkyl carbamates (subject to hydrolysis) is 1. The lowest BCUT2D eigenvalue weighted by Gasteiger charge is -2.26. The van der Waals surface area contributed by atoms with Crippen molar-refractivity contribution in [2.75, 3.05) is 12.4 Å². The lowest BCUT2D eigenvalue weighted by Crippen LogP contribution is -2.45. The molecular weight excluding hydrogens is 274 g/mol. The van der Waals surface area contributed by atoms with Crippen molar-refractivity contribution in [3.8, 4) is 0 Å². The minimum atomic E-state index is -0.449. The van der Waals surface area contributed by atoms with Gasteiger partial charge in [0, 0.05) is 17.9 Å². The highest BCUT2D eigenvalue weighted by atomic mass is 32.2. The predicted molar refractivity (Wildman–Crippen MR) is 84.1 cm³/mol. The molecule has 20 heavy (non-hydrogen) atoms. The quantitative estimate of drug-likeness (QED) is 0.740. The van der Waals surface area contributed by atoms with Gasteiger partial charge in [-0.15, -0.1) is 0 Å². The number of amides is 1. The summed E-state index contributed by atoms with van der Waals surface area (Å²) in [7, 11) is 0. The van der Waals surface area contributed by atoms with Crippen LogP contribution < -0.4 is 5.32 Å². The van der Waals surface area contributed by atoms with Gasteiger partial charge in [-0.05, 0) is 45.3 Å². The number of aliphatic hydroxyl groups is 1. The first-order chi connectivity index (χ1) is 9.33. The molecule has 0 unspecified atom stereocenters. The molecule has 4 nitrogen and oxygen atoms in total. The molecule has 1 rings (SSSR count). The van der Waals surface area contributed by atoms with Crippen LogP contribution in [0.3, 0.4) is 0 Å². The molecule has 0 bridgehead atoms. The Labute approximate surface area is 127 Å². The molecule has 1 fully saturated rings. The van der Waals surface area contributed by atoms with Gasteiger partial charge in [0.15, 0.2) is 0 Å². The second-order valence-corrected chi connectivity index (χ2v) is 7.87. The van der Waals surface area contributed by atoms with E-state index in [9.17, 15) is 4.79 Å². The van der Waals surface area contributed by atoms with Gasteiger partial charge in [-0.1, -0.05) is 19.8 Å². The van der Waals surface area contributed by atoms with Crippen LogP contribution in [-0.4, -0.2) is 40.5 Å². The summed E-state index contributed by atoms with van der Waals surface area (Å²) in [5.74, 6) is 1.57. The summed E-state index contributed by atoms with van der Waals surface area (Å²) < 4.78 is 5.35. The number of unbranched alkanes of at least 4 members (excludes halogenated alkanes) is 2. The molecule has 0 saturated carbocycles. The fourth-order valence-electron chi connectivity index (χ4n) is 2.42. The van der Waals surface area contributed by atoms with Crippen LogP contribution in [0.2, 0.25) is 0 Å². The molecule has 5 heteroatoms. The van der Waals surface area contributed by atoms with E-state index < -0.39 is 5.60 Å². The van der Waals surface area contributed by atoms with Crippen LogP contribution in [0.25, 0.3) is 0 Å². The van der Waals surface area contributed by atoms with Crippen molar-refractivity contribution in [2.24, 2.45) is 5.92 Å². The summed E-state index contributed by atoms with van der Waals surface area (Å²) in [5.41, 5.74) is -0.449. The lowest BCUT2D eigenvalue weighted by molar-refractivity contribution is 0.0492. The number of carbonyl (C=O) groups excluding carboxylic acids is 1. The van der Waals surface area contributed by atoms with E-state index in [0.717, 1.165) is 31.4 Å². The molecule has 2 N–H and O–H groups in total. The van der Waals surface area contributed by atoms with Crippen LogP contribution in [0.5, 0.6) is 0 Å². The Balaban J connectivity index is 2.41. The first kappa shape index (κ1) is 17.6. The van der Waals surface area contributed by atoms with Crippen molar-refractivity contribution in [1.82, 2.24) is 5.32 Å². The summed E-state index contributed by atoms with van der Waals surface area (Å²) in [6.07, 6.45) is 3.82. The Morgan fingerprint density at radius 3 is 2.65 bits per heavy atom. The molecular formula is C15H29NO3S. The van der Waals surface area contributed by atoms with E-state index in [2.05, 4.69) is 12.2 Å². The maximum Gasteiger partial charge on any atom is 0.407 e. The first-order valence-electron chi connectivity index (χ1n) is 7.55. The van der Waals surface area contributed by atoms with Crippen molar-refractivity contribution in [3.63, 3.8) is 0 Å². The predicted octanol–water partition coefficient (Wildman–Crippen LogP) is 3.18. The van der Waals surface area contributed by atoms with Crippen LogP contribution in [0.1, 0.15) is 53.4 Å². The van der Waals surface area contributed by atoms with Gasteiger partial charge in [0.25, 0.3) is 0 Å². The average Bonchev–Trinajstić information content (AvgIpc) is 2.64. The summed E-state index contributed by atoms with van der Waals surface area (Å²) in [6, 6.07) is 0.198. The Kier molecular flexibility index (Phi) is 7.17. The van der Waals surface area contributed by atoms with E-state index in [-0.39, 0.29) is 18.7 Å². The number of ether oxygens (including phenoxy) is 1. The molecule has 0 radical (unpaired) electrons. The van der Waals surface area contributed by atoms with Crippen molar-refractivity contribution in [1.29, 1.82) is 0 Å². The zero-order valence-electron chi connectivity index (χ0n) is 13.1. The number of thioether (sulfide) groups is 1. The lowest BCUT2D eigenvalue weighted by atomic mass is 9.97. The molecule has 0 aromatic heterocycles. The summed E-state index contributed by atoms with van der Waals surface area (Å²) in [4.78, 5) is 11.9. The molecule has 118 valence electrons. The van der Waals surface area contributed by atoms with Gasteiger partial charge in [0.1, 0.15) is 5.60 Å². The third-order valence-corrected chi connectivity index (χ3v) is 5.09. The molecule has 0 aromatic rings. The number of aliphatic hydroxyl groups excluding tert-OH is 1. The highest BCUT2D eigenvalue weighted by Gasteiger charge is 2.35. The highest BCUT2D eigenvalue weighted by molar-refractivity contribution is 8.00. The molecule has 1 aliphatic heterocycles. The molecule has 3 atom stereocenters. The van der Waals surface area contributed by atoms with Gasteiger partial charge in [-0.25, -0.2) is 4.79 Å². The fourth-order valence-corrected chi connectivity index (χ4v) is 4.06. The van der Waals surface area contributed by atoms with Crippen LogP contribution >= 0.6 is 11.8 Å². The van der Waals surface area contributed by atoms with Gasteiger partial charge >= 0.3 is 6.09 Å². The average molecular weight is 303 g/mol. The van der Waals surface area contributed by atoms with Gasteiger partial charge in [-0.2, -0.15) is 11.8 Å². The Morgan fingerprint density at radius 1 is 1.35 bits per heavy atom. The highest BCUT2D eigenvalue weighted by Crippen LogP contribution is 2.35. The van der Waals surface area contributed by atoms with Gasteiger partial charge in [0.05, 0.1) is 0 Å². The molecule has 1 heterocycles. The molecule has 0 spiro atoms. The Bertz CT molecular complexity index is 304. The zero-order valence-corrected chi connectivity index (χ0v) is 14.0. The van der Waals surface area contributed by atoms with Gasteiger partial charge < -0.3 is 15.2 Å². The van der Waals surface area contributed by atoms with Gasteiger partial charge in [-0.3, -0.25) is 0 Å². The van der Waals surface area contributed by atoms with E-state index in [1.165, 1.54) is 0 Å². The standard InChI is InChI=1S/C15H29NO3S/c1-11-10-20-12(8-6-5-7-9-17)13(11)16-14(18)19-15(2,3)4/h11-13,17H,5-10H2,1-4H3,(H,16,18)/t11-,12-,13-/m0/s1. The SMILES string of the molecule is C[C@H]1CS[C@@H](CCCCCO)[C@H]1NC(=O)OC(C)(C)C. The number of carbonyl (C=O) groups is 1. The second-order valence-electron chi connectivity index (χ2n) is 6.59. The van der Waals surface area contributed by atoms with E-state index in [0.29, 0.717) is 11.2 Å². The smallest absolute Gasteiger partial charge is 0.407 e. The summed E-state index contributed by atoms with van der Waals surface area (Å²) in [5, 5.41) is 12.3. The second kappa shape index (κ2) is 8.13. The van der Waals surface area contributed by atoms with E-state index in [4.69, 9.17) is 9.84 Å². The molecule has 1 aliphatic rings. The van der Waals surface area contributed by atoms with E-state index in [1.807, 2.05) is 32.5 Å². The fraction of sp³-hybridized carbons (Fsp3) is 0.933. The largest absolute Gasteiger partial charge is 0.444 e. The number of hydrogen-bond donors (Lipinski definition) is 2. The van der Waals surface area contributed by atoms with Crippen LogP contribution in [0.15, 0.2) is 0 Å². The van der Waals surface area contributed by atoms with Crippen LogP contribution in [0.4, 0.5) is 4.79 Å². The zero-order chi connectivity index (χ0) is 15.2. The maximum atomic E-state index is 11.9. The Morgan fingerprint density at radius 2 is 2.05 bits per heavy atom. The summed E-state index contributed by atoms with van der Waals surface area (Å²) >= 11 is 1.94. The van der Waals surface area contributed by atoms with Crippen LogP contribution in [-0.2, 0) is 4.74 Å². The van der Waals surface area contributed by atoms with E-state index in [1.54, 1.807) is 0 Å². The maximum absolute atomic E-state index is 11.9. The van der Waals surface area contributed by atoms with Crippen molar-refractivity contribution in [2.45, 2.75) is 70.3 Å². The van der Waals surface area contributed by atoms with Crippen molar-refractivity contribution < 1.29 is 14.6 Å².